The molecule has 96 valence electrons. The summed E-state index contributed by atoms with van der Waals surface area (Å²) in [5, 5.41) is 3.55. The third kappa shape index (κ3) is 5.19. The molecular weight excluding hydrogens is 278 g/mol. The number of benzene rings is 1. The predicted octanol–water partition coefficient (Wildman–Crippen LogP) is 3.39. The van der Waals surface area contributed by atoms with Gasteiger partial charge in [0, 0.05) is 17.6 Å². The Labute approximate surface area is 113 Å². The molecule has 0 spiro atoms. The summed E-state index contributed by atoms with van der Waals surface area (Å²) < 4.78 is 6.56. The number of nitrogens with one attached hydrogen (secondary N) is 1. The van der Waals surface area contributed by atoms with E-state index >= 15 is 0 Å². The minimum atomic E-state index is 0.227. The first-order valence-corrected chi connectivity index (χ1v) is 6.97. The first-order chi connectivity index (χ1) is 8.17. The second-order valence-electron chi connectivity index (χ2n) is 4.33. The third-order valence-electron chi connectivity index (χ3n) is 2.96. The molecule has 0 bridgehead atoms. The number of hydrogen-bond acceptors (Lipinski definition) is 2. The van der Waals surface area contributed by atoms with E-state index in [1.807, 2.05) is 0 Å². The molecule has 1 rings (SSSR count). The van der Waals surface area contributed by atoms with E-state index in [1.54, 1.807) is 7.11 Å². The van der Waals surface area contributed by atoms with E-state index in [2.05, 4.69) is 59.4 Å². The van der Waals surface area contributed by atoms with Crippen LogP contribution in [0.4, 0.5) is 0 Å². The van der Waals surface area contributed by atoms with E-state index in [9.17, 15) is 0 Å². The minimum Gasteiger partial charge on any atom is -0.380 e. The predicted molar refractivity (Wildman–Crippen MR) is 76.4 cm³/mol. The smallest absolute Gasteiger partial charge is 0.0699 e. The van der Waals surface area contributed by atoms with Crippen LogP contribution < -0.4 is 5.32 Å². The number of hydrogen-bond donors (Lipinski definition) is 1. The standard InChI is InChI=1S/C14H22BrNO/c1-4-9-16-14(11(2)17-3)10-12-5-7-13(15)8-6-12/h5-8,11,14,16H,4,9-10H2,1-3H3. The minimum absolute atomic E-state index is 0.227. The van der Waals surface area contributed by atoms with Gasteiger partial charge in [0.25, 0.3) is 0 Å². The van der Waals surface area contributed by atoms with Crippen LogP contribution >= 0.6 is 15.9 Å². The summed E-state index contributed by atoms with van der Waals surface area (Å²) in [5.74, 6) is 0. The van der Waals surface area contributed by atoms with Crippen molar-refractivity contribution in [3.05, 3.63) is 34.3 Å². The van der Waals surface area contributed by atoms with Crippen molar-refractivity contribution in [1.82, 2.24) is 5.32 Å². The molecule has 0 radical (unpaired) electrons. The first-order valence-electron chi connectivity index (χ1n) is 6.18. The number of ether oxygens (including phenoxy) is 1. The Hall–Kier alpha value is -0.380. The average Bonchev–Trinajstić information content (AvgIpc) is 2.36. The van der Waals surface area contributed by atoms with Gasteiger partial charge in [-0.2, -0.15) is 0 Å². The quantitative estimate of drug-likeness (QED) is 0.833. The van der Waals surface area contributed by atoms with Crippen molar-refractivity contribution in [2.75, 3.05) is 13.7 Å². The molecule has 2 atom stereocenters. The van der Waals surface area contributed by atoms with Gasteiger partial charge >= 0.3 is 0 Å². The highest BCUT2D eigenvalue weighted by Gasteiger charge is 2.16. The summed E-state index contributed by atoms with van der Waals surface area (Å²) in [6, 6.07) is 8.87. The Morgan fingerprint density at radius 3 is 2.47 bits per heavy atom. The molecule has 0 aliphatic rings. The van der Waals surface area contributed by atoms with Crippen LogP contribution in [0.25, 0.3) is 0 Å². The Morgan fingerprint density at radius 1 is 1.29 bits per heavy atom. The van der Waals surface area contributed by atoms with E-state index in [0.29, 0.717) is 6.04 Å². The number of rotatable bonds is 7. The van der Waals surface area contributed by atoms with Crippen LogP contribution in [0.15, 0.2) is 28.7 Å². The van der Waals surface area contributed by atoms with Gasteiger partial charge in [0.2, 0.25) is 0 Å². The molecule has 0 fully saturated rings. The van der Waals surface area contributed by atoms with Crippen LogP contribution in [0.5, 0.6) is 0 Å². The monoisotopic (exact) mass is 299 g/mol. The van der Waals surface area contributed by atoms with Crippen molar-refractivity contribution in [1.29, 1.82) is 0 Å². The lowest BCUT2D eigenvalue weighted by atomic mass is 10.0. The maximum atomic E-state index is 5.43. The Balaban J connectivity index is 2.61. The molecule has 2 unspecified atom stereocenters. The lowest BCUT2D eigenvalue weighted by Crippen LogP contribution is -2.41. The molecule has 0 saturated heterocycles. The number of methoxy groups -OCH3 is 1. The van der Waals surface area contributed by atoms with Crippen molar-refractivity contribution in [3.63, 3.8) is 0 Å². The molecule has 0 saturated carbocycles. The first kappa shape index (κ1) is 14.7. The molecule has 3 heteroatoms. The second kappa shape index (κ2) is 7.85. The molecule has 0 amide bonds. The van der Waals surface area contributed by atoms with E-state index in [1.165, 1.54) is 5.56 Å². The van der Waals surface area contributed by atoms with Crippen molar-refractivity contribution in [3.8, 4) is 0 Å². The molecule has 1 N–H and O–H groups in total. The zero-order valence-corrected chi connectivity index (χ0v) is 12.5. The second-order valence-corrected chi connectivity index (χ2v) is 5.25. The number of halogens is 1. The van der Waals surface area contributed by atoms with Gasteiger partial charge in [0.05, 0.1) is 6.10 Å². The van der Waals surface area contributed by atoms with Gasteiger partial charge in [-0.1, -0.05) is 35.0 Å². The summed E-state index contributed by atoms with van der Waals surface area (Å²) >= 11 is 3.46. The summed E-state index contributed by atoms with van der Waals surface area (Å²) in [6.45, 7) is 5.34. The van der Waals surface area contributed by atoms with E-state index in [4.69, 9.17) is 4.74 Å². The van der Waals surface area contributed by atoms with Crippen LogP contribution in [0.2, 0.25) is 0 Å². The molecule has 2 nitrogen and oxygen atoms in total. The third-order valence-corrected chi connectivity index (χ3v) is 3.49. The fraction of sp³-hybridized carbons (Fsp3) is 0.571. The van der Waals surface area contributed by atoms with E-state index in [0.717, 1.165) is 23.9 Å². The van der Waals surface area contributed by atoms with Gasteiger partial charge in [-0.15, -0.1) is 0 Å². The Morgan fingerprint density at radius 2 is 1.94 bits per heavy atom. The summed E-state index contributed by atoms with van der Waals surface area (Å²) in [7, 11) is 1.77. The van der Waals surface area contributed by atoms with Gasteiger partial charge < -0.3 is 10.1 Å². The Bertz CT molecular complexity index is 313. The lowest BCUT2D eigenvalue weighted by molar-refractivity contribution is 0.0831. The van der Waals surface area contributed by atoms with Crippen molar-refractivity contribution in [2.24, 2.45) is 0 Å². The molecule has 1 aromatic rings. The van der Waals surface area contributed by atoms with Gasteiger partial charge in [0.15, 0.2) is 0 Å². The lowest BCUT2D eigenvalue weighted by Gasteiger charge is -2.24. The topological polar surface area (TPSA) is 21.3 Å². The van der Waals surface area contributed by atoms with Crippen LogP contribution in [0.3, 0.4) is 0 Å². The summed E-state index contributed by atoms with van der Waals surface area (Å²) in [5.41, 5.74) is 1.34. The summed E-state index contributed by atoms with van der Waals surface area (Å²) in [4.78, 5) is 0. The molecule has 0 aliphatic carbocycles. The molecule has 0 aromatic heterocycles. The van der Waals surface area contributed by atoms with Crippen LogP contribution in [-0.2, 0) is 11.2 Å². The van der Waals surface area contributed by atoms with Crippen molar-refractivity contribution >= 4 is 15.9 Å². The molecule has 0 aliphatic heterocycles. The largest absolute Gasteiger partial charge is 0.380 e. The molecule has 0 heterocycles. The highest BCUT2D eigenvalue weighted by Crippen LogP contribution is 2.13. The zero-order valence-electron chi connectivity index (χ0n) is 10.9. The average molecular weight is 300 g/mol. The van der Waals surface area contributed by atoms with Crippen molar-refractivity contribution < 1.29 is 4.74 Å². The van der Waals surface area contributed by atoms with Crippen LogP contribution in [0.1, 0.15) is 25.8 Å². The van der Waals surface area contributed by atoms with E-state index in [-0.39, 0.29) is 6.10 Å². The zero-order chi connectivity index (χ0) is 12.7. The fourth-order valence-corrected chi connectivity index (χ4v) is 2.04. The molecule has 1 aromatic carbocycles. The highest BCUT2D eigenvalue weighted by atomic mass is 79.9. The van der Waals surface area contributed by atoms with Gasteiger partial charge in [-0.25, -0.2) is 0 Å². The molecule has 17 heavy (non-hydrogen) atoms. The molecular formula is C14H22BrNO. The van der Waals surface area contributed by atoms with Crippen molar-refractivity contribution in [2.45, 2.75) is 38.8 Å². The SMILES string of the molecule is CCCNC(Cc1ccc(Br)cc1)C(C)OC. The maximum absolute atomic E-state index is 5.43. The Kier molecular flexibility index (Phi) is 6.78. The fourth-order valence-electron chi connectivity index (χ4n) is 1.77. The van der Waals surface area contributed by atoms with Crippen LogP contribution in [-0.4, -0.2) is 25.8 Å². The normalized spacial score (nSPS) is 14.6. The van der Waals surface area contributed by atoms with Gasteiger partial charge in [-0.3, -0.25) is 0 Å². The maximum Gasteiger partial charge on any atom is 0.0699 e. The van der Waals surface area contributed by atoms with Gasteiger partial charge in [0.1, 0.15) is 0 Å². The van der Waals surface area contributed by atoms with Crippen LogP contribution in [0, 0.1) is 0 Å². The van der Waals surface area contributed by atoms with E-state index < -0.39 is 0 Å². The van der Waals surface area contributed by atoms with Gasteiger partial charge in [-0.05, 0) is 44.0 Å². The highest BCUT2D eigenvalue weighted by molar-refractivity contribution is 9.10. The summed E-state index contributed by atoms with van der Waals surface area (Å²) in [6.07, 6.45) is 2.38.